The number of thioether (sulfide) groups is 1. The predicted octanol–water partition coefficient (Wildman–Crippen LogP) is 2.44. The van der Waals surface area contributed by atoms with E-state index in [2.05, 4.69) is 28.5 Å². The van der Waals surface area contributed by atoms with Gasteiger partial charge in [0.2, 0.25) is 0 Å². The molecule has 102 valence electrons. The molecule has 2 aromatic rings. The van der Waals surface area contributed by atoms with Crippen LogP contribution in [0.3, 0.4) is 0 Å². The van der Waals surface area contributed by atoms with E-state index >= 15 is 0 Å². The molecule has 0 fully saturated rings. The number of pyridine rings is 1. The number of aromatic nitrogens is 1. The topological polar surface area (TPSA) is 45.1 Å². The molecular weight excluding hydrogens is 256 g/mol. The zero-order valence-corrected chi connectivity index (χ0v) is 11.8. The van der Waals surface area contributed by atoms with Gasteiger partial charge in [-0.25, -0.2) is 0 Å². The maximum absolute atomic E-state index is 8.68. The third-order valence-electron chi connectivity index (χ3n) is 2.94. The van der Waals surface area contributed by atoms with Crippen LogP contribution < -0.4 is 5.32 Å². The van der Waals surface area contributed by atoms with Gasteiger partial charge in [-0.15, -0.1) is 0 Å². The van der Waals surface area contributed by atoms with Gasteiger partial charge in [0.15, 0.2) is 0 Å². The van der Waals surface area contributed by atoms with E-state index in [1.54, 1.807) is 0 Å². The van der Waals surface area contributed by atoms with Crippen LogP contribution in [0.1, 0.15) is 12.0 Å². The van der Waals surface area contributed by atoms with Crippen LogP contribution in [0, 0.1) is 0 Å². The van der Waals surface area contributed by atoms with Crippen molar-refractivity contribution in [3.8, 4) is 0 Å². The van der Waals surface area contributed by atoms with Crippen molar-refractivity contribution >= 4 is 22.5 Å². The average Bonchev–Trinajstić information content (AvgIpc) is 2.46. The van der Waals surface area contributed by atoms with E-state index in [9.17, 15) is 0 Å². The molecule has 0 amide bonds. The molecule has 1 aromatic heterocycles. The molecule has 1 aromatic carbocycles. The highest BCUT2D eigenvalue weighted by Gasteiger charge is 2.00. The van der Waals surface area contributed by atoms with Crippen LogP contribution in [0.5, 0.6) is 0 Å². The van der Waals surface area contributed by atoms with Gasteiger partial charge >= 0.3 is 0 Å². The highest BCUT2D eigenvalue weighted by atomic mass is 32.2. The van der Waals surface area contributed by atoms with Crippen molar-refractivity contribution < 1.29 is 5.11 Å². The van der Waals surface area contributed by atoms with E-state index in [1.807, 2.05) is 30.2 Å². The fourth-order valence-electron chi connectivity index (χ4n) is 1.96. The van der Waals surface area contributed by atoms with Gasteiger partial charge in [0.25, 0.3) is 0 Å². The molecular formula is C15H20N2OS. The molecule has 0 bridgehead atoms. The molecule has 0 saturated heterocycles. The molecule has 0 saturated carbocycles. The molecule has 0 aliphatic heterocycles. The highest BCUT2D eigenvalue weighted by molar-refractivity contribution is 7.99. The van der Waals surface area contributed by atoms with E-state index in [0.29, 0.717) is 6.61 Å². The number of aliphatic hydroxyl groups is 1. The lowest BCUT2D eigenvalue weighted by Gasteiger charge is -2.07. The third-order valence-corrected chi connectivity index (χ3v) is 4.01. The molecule has 2 rings (SSSR count). The van der Waals surface area contributed by atoms with Gasteiger partial charge in [-0.2, -0.15) is 11.8 Å². The zero-order chi connectivity index (χ0) is 13.3. The van der Waals surface area contributed by atoms with Gasteiger partial charge in [0, 0.05) is 43.2 Å². The van der Waals surface area contributed by atoms with Crippen LogP contribution in [0.2, 0.25) is 0 Å². The van der Waals surface area contributed by atoms with Gasteiger partial charge in [0.05, 0.1) is 0 Å². The Hall–Kier alpha value is -1.10. The largest absolute Gasteiger partial charge is 0.396 e. The fraction of sp³-hybridized carbons (Fsp3) is 0.400. The summed E-state index contributed by atoms with van der Waals surface area (Å²) in [5.41, 5.74) is 1.25. The Morgan fingerprint density at radius 3 is 2.95 bits per heavy atom. The summed E-state index contributed by atoms with van der Waals surface area (Å²) in [5, 5.41) is 14.6. The first-order valence-electron chi connectivity index (χ1n) is 6.63. The lowest BCUT2D eigenvalue weighted by Crippen LogP contribution is -2.17. The van der Waals surface area contributed by atoms with E-state index in [0.717, 1.165) is 31.0 Å². The van der Waals surface area contributed by atoms with Crippen LogP contribution >= 0.6 is 11.8 Å². The third kappa shape index (κ3) is 4.49. The standard InChI is InChI=1S/C15H20N2OS/c18-7-3-8-19-9-6-16-11-14-12-17-10-13-4-1-2-5-15(13)14/h1-2,4-5,10,12,16,18H,3,6-9,11H2. The van der Waals surface area contributed by atoms with Crippen LogP contribution in [-0.4, -0.2) is 34.7 Å². The predicted molar refractivity (Wildman–Crippen MR) is 82.5 cm³/mol. The quantitative estimate of drug-likeness (QED) is 0.727. The molecule has 0 aliphatic rings. The van der Waals surface area contributed by atoms with Crippen molar-refractivity contribution in [3.63, 3.8) is 0 Å². The van der Waals surface area contributed by atoms with Crippen molar-refractivity contribution in [2.75, 3.05) is 24.7 Å². The monoisotopic (exact) mass is 276 g/mol. The first kappa shape index (κ1) is 14.3. The first-order valence-corrected chi connectivity index (χ1v) is 7.78. The summed E-state index contributed by atoms with van der Waals surface area (Å²) in [6, 6.07) is 8.34. The number of nitrogens with zero attached hydrogens (tertiary/aromatic N) is 1. The maximum Gasteiger partial charge on any atom is 0.0438 e. The summed E-state index contributed by atoms with van der Waals surface area (Å²) in [5.74, 6) is 2.12. The molecule has 0 aliphatic carbocycles. The second-order valence-corrected chi connectivity index (χ2v) is 5.61. The number of fused-ring (bicyclic) bond motifs is 1. The van der Waals surface area contributed by atoms with Gasteiger partial charge in [-0.3, -0.25) is 4.98 Å². The Morgan fingerprint density at radius 2 is 2.05 bits per heavy atom. The molecule has 0 atom stereocenters. The van der Waals surface area contributed by atoms with Crippen molar-refractivity contribution in [2.45, 2.75) is 13.0 Å². The first-order chi connectivity index (χ1) is 9.42. The number of nitrogens with one attached hydrogen (secondary N) is 1. The van der Waals surface area contributed by atoms with Crippen molar-refractivity contribution in [3.05, 3.63) is 42.2 Å². The Bertz CT molecular complexity index is 499. The summed E-state index contributed by atoms with van der Waals surface area (Å²) in [6.45, 7) is 2.14. The Labute approximate surface area is 118 Å². The maximum atomic E-state index is 8.68. The number of hydrogen-bond acceptors (Lipinski definition) is 4. The fourth-order valence-corrected chi connectivity index (χ4v) is 2.78. The normalized spacial score (nSPS) is 11.0. The van der Waals surface area contributed by atoms with Gasteiger partial charge in [-0.05, 0) is 23.1 Å². The lowest BCUT2D eigenvalue weighted by atomic mass is 10.1. The summed E-state index contributed by atoms with van der Waals surface area (Å²) in [7, 11) is 0. The molecule has 0 unspecified atom stereocenters. The highest BCUT2D eigenvalue weighted by Crippen LogP contribution is 2.16. The summed E-state index contributed by atoms with van der Waals surface area (Å²) >= 11 is 1.88. The minimum atomic E-state index is 0.294. The summed E-state index contributed by atoms with van der Waals surface area (Å²) in [4.78, 5) is 4.28. The zero-order valence-electron chi connectivity index (χ0n) is 11.0. The number of benzene rings is 1. The van der Waals surface area contributed by atoms with Crippen LogP contribution in [-0.2, 0) is 6.54 Å². The van der Waals surface area contributed by atoms with E-state index in [4.69, 9.17) is 5.11 Å². The van der Waals surface area contributed by atoms with Crippen LogP contribution in [0.15, 0.2) is 36.7 Å². The molecule has 19 heavy (non-hydrogen) atoms. The van der Waals surface area contributed by atoms with Gasteiger partial charge in [-0.1, -0.05) is 24.3 Å². The molecule has 1 heterocycles. The number of hydrogen-bond donors (Lipinski definition) is 2. The van der Waals surface area contributed by atoms with E-state index in [-0.39, 0.29) is 0 Å². The average molecular weight is 276 g/mol. The van der Waals surface area contributed by atoms with Gasteiger partial charge < -0.3 is 10.4 Å². The Morgan fingerprint density at radius 1 is 1.16 bits per heavy atom. The lowest BCUT2D eigenvalue weighted by molar-refractivity contribution is 0.296. The molecule has 2 N–H and O–H groups in total. The van der Waals surface area contributed by atoms with Crippen LogP contribution in [0.25, 0.3) is 10.8 Å². The van der Waals surface area contributed by atoms with Gasteiger partial charge in [0.1, 0.15) is 0 Å². The molecule has 3 nitrogen and oxygen atoms in total. The molecule has 4 heteroatoms. The van der Waals surface area contributed by atoms with Crippen molar-refractivity contribution in [2.24, 2.45) is 0 Å². The summed E-state index contributed by atoms with van der Waals surface area (Å²) < 4.78 is 0. The van der Waals surface area contributed by atoms with Crippen LogP contribution in [0.4, 0.5) is 0 Å². The minimum absolute atomic E-state index is 0.294. The van der Waals surface area contributed by atoms with Crippen molar-refractivity contribution in [1.82, 2.24) is 10.3 Å². The SMILES string of the molecule is OCCCSCCNCc1cncc2ccccc12. The Kier molecular flexibility index (Phi) is 6.14. The number of aliphatic hydroxyl groups excluding tert-OH is 1. The minimum Gasteiger partial charge on any atom is -0.396 e. The smallest absolute Gasteiger partial charge is 0.0438 e. The Balaban J connectivity index is 1.78. The second kappa shape index (κ2) is 8.15. The summed E-state index contributed by atoms with van der Waals surface area (Å²) in [6.07, 6.45) is 4.73. The number of rotatable bonds is 8. The molecule has 0 spiro atoms. The second-order valence-electron chi connectivity index (χ2n) is 4.39. The van der Waals surface area contributed by atoms with Crippen molar-refractivity contribution in [1.29, 1.82) is 0 Å². The van der Waals surface area contributed by atoms with E-state index < -0.39 is 0 Å². The molecule has 0 radical (unpaired) electrons. The van der Waals surface area contributed by atoms with E-state index in [1.165, 1.54) is 16.3 Å².